The van der Waals surface area contributed by atoms with E-state index in [0.717, 1.165) is 12.0 Å². The molecule has 0 spiro atoms. The number of hydrogen-bond donors (Lipinski definition) is 1. The molecule has 2 rings (SSSR count). The molecule has 2 nitrogen and oxygen atoms in total. The summed E-state index contributed by atoms with van der Waals surface area (Å²) in [5, 5.41) is 3.54. The summed E-state index contributed by atoms with van der Waals surface area (Å²) in [6.07, 6.45) is 13.0. The molecule has 0 aromatic heterocycles. The van der Waals surface area contributed by atoms with Crippen LogP contribution in [0.25, 0.3) is 0 Å². The van der Waals surface area contributed by atoms with E-state index >= 15 is 0 Å². The van der Waals surface area contributed by atoms with Crippen LogP contribution in [0.15, 0.2) is 12.2 Å². The second-order valence-electron chi connectivity index (χ2n) is 5.63. The van der Waals surface area contributed by atoms with Crippen molar-refractivity contribution in [3.8, 4) is 0 Å². The van der Waals surface area contributed by atoms with Crippen LogP contribution in [0.2, 0.25) is 0 Å². The van der Waals surface area contributed by atoms with Gasteiger partial charge in [-0.2, -0.15) is 0 Å². The van der Waals surface area contributed by atoms with Crippen molar-refractivity contribution in [1.82, 2.24) is 10.2 Å². The zero-order valence-corrected chi connectivity index (χ0v) is 11.3. The number of allylic oxidation sites excluding steroid dienone is 1. The van der Waals surface area contributed by atoms with Crippen molar-refractivity contribution in [3.05, 3.63) is 12.2 Å². The van der Waals surface area contributed by atoms with Crippen molar-refractivity contribution in [2.24, 2.45) is 5.92 Å². The minimum Gasteiger partial charge on any atom is -0.316 e. The van der Waals surface area contributed by atoms with Gasteiger partial charge < -0.3 is 5.32 Å². The summed E-state index contributed by atoms with van der Waals surface area (Å²) in [5.41, 5.74) is 0. The SMILES string of the molecule is CCCN(CC1CCCNC1)C1C=CCCC1. The van der Waals surface area contributed by atoms with Crippen LogP contribution in [0.1, 0.15) is 45.4 Å². The molecule has 0 aromatic carbocycles. The van der Waals surface area contributed by atoms with Gasteiger partial charge in [0, 0.05) is 12.6 Å². The van der Waals surface area contributed by atoms with Gasteiger partial charge in [0.15, 0.2) is 0 Å². The molecule has 0 saturated carbocycles. The highest BCUT2D eigenvalue weighted by molar-refractivity contribution is 4.99. The normalized spacial score (nSPS) is 29.8. The highest BCUT2D eigenvalue weighted by atomic mass is 15.2. The van der Waals surface area contributed by atoms with Gasteiger partial charge in [0.1, 0.15) is 0 Å². The lowest BCUT2D eigenvalue weighted by Crippen LogP contribution is -2.43. The predicted octanol–water partition coefficient (Wildman–Crippen LogP) is 2.81. The zero-order valence-electron chi connectivity index (χ0n) is 11.3. The molecule has 1 aliphatic heterocycles. The van der Waals surface area contributed by atoms with Crippen LogP contribution in [0.5, 0.6) is 0 Å². The minimum atomic E-state index is 0.727. The van der Waals surface area contributed by atoms with Crippen molar-refractivity contribution in [1.29, 1.82) is 0 Å². The third-order valence-electron chi connectivity index (χ3n) is 4.10. The molecule has 2 unspecified atom stereocenters. The standard InChI is InChI=1S/C15H28N2/c1-2-11-17(15-8-4-3-5-9-15)13-14-7-6-10-16-12-14/h4,8,14-16H,2-3,5-7,9-13H2,1H3. The third kappa shape index (κ3) is 4.11. The lowest BCUT2D eigenvalue weighted by molar-refractivity contribution is 0.167. The summed E-state index contributed by atoms with van der Waals surface area (Å²) in [5.74, 6) is 0.880. The first-order valence-electron chi connectivity index (χ1n) is 7.51. The maximum Gasteiger partial charge on any atom is 0.0278 e. The van der Waals surface area contributed by atoms with Gasteiger partial charge in [-0.25, -0.2) is 0 Å². The Morgan fingerprint density at radius 3 is 2.88 bits per heavy atom. The van der Waals surface area contributed by atoms with Crippen molar-refractivity contribution in [3.63, 3.8) is 0 Å². The molecule has 1 heterocycles. The van der Waals surface area contributed by atoms with E-state index in [0.29, 0.717) is 0 Å². The smallest absolute Gasteiger partial charge is 0.0278 e. The first-order valence-corrected chi connectivity index (χ1v) is 7.51. The van der Waals surface area contributed by atoms with Crippen molar-refractivity contribution < 1.29 is 0 Å². The summed E-state index contributed by atoms with van der Waals surface area (Å²) in [6.45, 7) is 7.34. The molecule has 2 heteroatoms. The Balaban J connectivity index is 1.86. The lowest BCUT2D eigenvalue weighted by Gasteiger charge is -2.35. The fourth-order valence-corrected chi connectivity index (χ4v) is 3.19. The van der Waals surface area contributed by atoms with Gasteiger partial charge in [0.25, 0.3) is 0 Å². The van der Waals surface area contributed by atoms with E-state index < -0.39 is 0 Å². The van der Waals surface area contributed by atoms with Crippen LogP contribution in [0, 0.1) is 5.92 Å². The molecule has 0 aromatic rings. The second-order valence-corrected chi connectivity index (χ2v) is 5.63. The summed E-state index contributed by atoms with van der Waals surface area (Å²) in [4.78, 5) is 2.73. The summed E-state index contributed by atoms with van der Waals surface area (Å²) < 4.78 is 0. The van der Waals surface area contributed by atoms with Gasteiger partial charge >= 0.3 is 0 Å². The summed E-state index contributed by atoms with van der Waals surface area (Å²) >= 11 is 0. The van der Waals surface area contributed by atoms with Crippen LogP contribution in [0.3, 0.4) is 0 Å². The quantitative estimate of drug-likeness (QED) is 0.738. The van der Waals surface area contributed by atoms with E-state index in [9.17, 15) is 0 Å². The van der Waals surface area contributed by atoms with E-state index in [4.69, 9.17) is 0 Å². The number of nitrogens with one attached hydrogen (secondary N) is 1. The minimum absolute atomic E-state index is 0.727. The lowest BCUT2D eigenvalue weighted by atomic mass is 9.96. The van der Waals surface area contributed by atoms with E-state index in [1.54, 1.807) is 0 Å². The van der Waals surface area contributed by atoms with Gasteiger partial charge in [-0.1, -0.05) is 19.1 Å². The monoisotopic (exact) mass is 236 g/mol. The molecule has 2 aliphatic rings. The Bertz CT molecular complexity index is 231. The van der Waals surface area contributed by atoms with Crippen molar-refractivity contribution in [2.75, 3.05) is 26.2 Å². The van der Waals surface area contributed by atoms with Crippen LogP contribution in [-0.4, -0.2) is 37.1 Å². The average molecular weight is 236 g/mol. The molecule has 0 radical (unpaired) electrons. The molecule has 1 fully saturated rings. The fourth-order valence-electron chi connectivity index (χ4n) is 3.19. The largest absolute Gasteiger partial charge is 0.316 e. The molecule has 2 atom stereocenters. The zero-order chi connectivity index (χ0) is 11.9. The maximum atomic E-state index is 3.54. The molecule has 1 saturated heterocycles. The molecule has 1 aliphatic carbocycles. The highest BCUT2D eigenvalue weighted by Crippen LogP contribution is 2.20. The van der Waals surface area contributed by atoms with Crippen molar-refractivity contribution >= 4 is 0 Å². The second kappa shape index (κ2) is 7.17. The average Bonchev–Trinajstić information content (AvgIpc) is 2.40. The van der Waals surface area contributed by atoms with E-state index in [2.05, 4.69) is 29.3 Å². The Morgan fingerprint density at radius 1 is 1.29 bits per heavy atom. The van der Waals surface area contributed by atoms with Crippen LogP contribution in [-0.2, 0) is 0 Å². The van der Waals surface area contributed by atoms with Gasteiger partial charge in [-0.3, -0.25) is 4.90 Å². The molecule has 1 N–H and O–H groups in total. The molecule has 0 bridgehead atoms. The first kappa shape index (κ1) is 13.1. The van der Waals surface area contributed by atoms with E-state index in [-0.39, 0.29) is 0 Å². The molecule has 0 amide bonds. The summed E-state index contributed by atoms with van der Waals surface area (Å²) in [7, 11) is 0. The molecular formula is C15H28N2. The molecule has 17 heavy (non-hydrogen) atoms. The van der Waals surface area contributed by atoms with Gasteiger partial charge in [0.05, 0.1) is 0 Å². The highest BCUT2D eigenvalue weighted by Gasteiger charge is 2.21. The third-order valence-corrected chi connectivity index (χ3v) is 4.10. The topological polar surface area (TPSA) is 15.3 Å². The molecule has 98 valence electrons. The van der Waals surface area contributed by atoms with E-state index in [1.165, 1.54) is 64.7 Å². The Kier molecular flexibility index (Phi) is 5.53. The predicted molar refractivity (Wildman–Crippen MR) is 74.2 cm³/mol. The Hall–Kier alpha value is -0.340. The van der Waals surface area contributed by atoms with Crippen LogP contribution < -0.4 is 5.32 Å². The number of rotatable bonds is 5. The van der Waals surface area contributed by atoms with Gasteiger partial charge in [-0.15, -0.1) is 0 Å². The molecular weight excluding hydrogens is 208 g/mol. The van der Waals surface area contributed by atoms with E-state index in [1.807, 2.05) is 0 Å². The fraction of sp³-hybridized carbons (Fsp3) is 0.867. The number of hydrogen-bond acceptors (Lipinski definition) is 2. The first-order chi connectivity index (χ1) is 8.40. The maximum absolute atomic E-state index is 3.54. The van der Waals surface area contributed by atoms with Gasteiger partial charge in [-0.05, 0) is 64.1 Å². The van der Waals surface area contributed by atoms with Crippen LogP contribution in [0.4, 0.5) is 0 Å². The van der Waals surface area contributed by atoms with Gasteiger partial charge in [0.2, 0.25) is 0 Å². The van der Waals surface area contributed by atoms with Crippen molar-refractivity contribution in [2.45, 2.75) is 51.5 Å². The summed E-state index contributed by atoms with van der Waals surface area (Å²) in [6, 6.07) is 0.727. The Morgan fingerprint density at radius 2 is 2.24 bits per heavy atom. The Labute approximate surface area is 106 Å². The van der Waals surface area contributed by atoms with Crippen LogP contribution >= 0.6 is 0 Å². The number of piperidine rings is 1. The number of nitrogens with zero attached hydrogens (tertiary/aromatic N) is 1.